The van der Waals surface area contributed by atoms with Gasteiger partial charge in [0.15, 0.2) is 18.5 Å². The largest absolute Gasteiger partial charge is 0.488 e. The molecule has 0 bridgehead atoms. The maximum atomic E-state index is 12.0. The van der Waals surface area contributed by atoms with E-state index in [4.69, 9.17) is 33.2 Å². The highest BCUT2D eigenvalue weighted by Crippen LogP contribution is 2.31. The number of carbonyl (C=O) groups is 6. The lowest BCUT2D eigenvalue weighted by molar-refractivity contribution is -0.288. The molecule has 0 aromatic heterocycles. The Bertz CT molecular complexity index is 1300. The van der Waals surface area contributed by atoms with Crippen molar-refractivity contribution in [2.45, 2.75) is 65.0 Å². The quantitative estimate of drug-likeness (QED) is 0.202. The van der Waals surface area contributed by atoms with Gasteiger partial charge >= 0.3 is 23.9 Å². The van der Waals surface area contributed by atoms with Gasteiger partial charge in [-0.05, 0) is 35.9 Å². The van der Waals surface area contributed by atoms with Crippen LogP contribution in [0.5, 0.6) is 11.5 Å². The first-order chi connectivity index (χ1) is 20.0. The van der Waals surface area contributed by atoms with Crippen LogP contribution in [0.4, 0.5) is 0 Å². The SMILES string of the molecule is CC(=O)OC[C@H]1O[C@@H](Oc2ccc(COc3ccc(C=O)cc3C=O)cc2)[C@H](OC(C)=O)[C@@H](OC(C)=O)[C@H]1OC(C)=O. The maximum absolute atomic E-state index is 12.0. The van der Waals surface area contributed by atoms with Crippen molar-refractivity contribution in [2.75, 3.05) is 6.61 Å². The van der Waals surface area contributed by atoms with Crippen molar-refractivity contribution in [1.29, 1.82) is 0 Å². The molecule has 0 N–H and O–H groups in total. The molecule has 2 aromatic carbocycles. The predicted octanol–water partition coefficient (Wildman–Crippen LogP) is 2.35. The second kappa shape index (κ2) is 14.7. The van der Waals surface area contributed by atoms with Gasteiger partial charge in [-0.2, -0.15) is 0 Å². The monoisotopic (exact) mass is 586 g/mol. The third kappa shape index (κ3) is 8.86. The Morgan fingerprint density at radius 2 is 1.38 bits per heavy atom. The molecular formula is C29H30O13. The molecule has 0 saturated carbocycles. The minimum atomic E-state index is -1.38. The van der Waals surface area contributed by atoms with Gasteiger partial charge in [-0.15, -0.1) is 0 Å². The molecular weight excluding hydrogens is 556 g/mol. The molecule has 1 heterocycles. The van der Waals surface area contributed by atoms with E-state index in [2.05, 4.69) is 0 Å². The predicted molar refractivity (Wildman–Crippen MR) is 141 cm³/mol. The molecule has 0 unspecified atom stereocenters. The van der Waals surface area contributed by atoms with Crippen LogP contribution < -0.4 is 9.47 Å². The molecule has 0 spiro atoms. The van der Waals surface area contributed by atoms with Crippen LogP contribution in [0.3, 0.4) is 0 Å². The van der Waals surface area contributed by atoms with Crippen molar-refractivity contribution in [1.82, 2.24) is 0 Å². The number of hydrogen-bond acceptors (Lipinski definition) is 13. The normalized spacial score (nSPS) is 21.3. The molecule has 0 amide bonds. The number of rotatable bonds is 12. The minimum absolute atomic E-state index is 0.0839. The number of hydrogen-bond donors (Lipinski definition) is 0. The van der Waals surface area contributed by atoms with Crippen molar-refractivity contribution in [3.8, 4) is 11.5 Å². The fourth-order valence-electron chi connectivity index (χ4n) is 4.11. The van der Waals surface area contributed by atoms with Gasteiger partial charge in [0.2, 0.25) is 12.4 Å². The number of esters is 4. The summed E-state index contributed by atoms with van der Waals surface area (Å²) in [5, 5.41) is 0. The average molecular weight is 587 g/mol. The molecule has 42 heavy (non-hydrogen) atoms. The summed E-state index contributed by atoms with van der Waals surface area (Å²) in [6.45, 7) is 4.25. The molecule has 0 aliphatic carbocycles. The molecule has 224 valence electrons. The second-order valence-electron chi connectivity index (χ2n) is 9.15. The van der Waals surface area contributed by atoms with Gasteiger partial charge in [0.25, 0.3) is 0 Å². The van der Waals surface area contributed by atoms with Gasteiger partial charge in [-0.1, -0.05) is 12.1 Å². The van der Waals surface area contributed by atoms with E-state index in [1.54, 1.807) is 24.3 Å². The topological polar surface area (TPSA) is 167 Å². The third-order valence-corrected chi connectivity index (χ3v) is 5.82. The highest BCUT2D eigenvalue weighted by molar-refractivity contribution is 5.84. The van der Waals surface area contributed by atoms with Crippen LogP contribution in [0.1, 0.15) is 54.0 Å². The second-order valence-corrected chi connectivity index (χ2v) is 9.15. The highest BCUT2D eigenvalue weighted by atomic mass is 16.7. The Kier molecular flexibility index (Phi) is 11.1. The van der Waals surface area contributed by atoms with Gasteiger partial charge in [0, 0.05) is 33.3 Å². The van der Waals surface area contributed by atoms with E-state index in [1.807, 2.05) is 0 Å². The van der Waals surface area contributed by atoms with E-state index in [-0.39, 0.29) is 24.5 Å². The van der Waals surface area contributed by atoms with Gasteiger partial charge in [0.1, 0.15) is 37.1 Å². The number of ether oxygens (including phenoxy) is 7. The fourth-order valence-corrected chi connectivity index (χ4v) is 4.11. The minimum Gasteiger partial charge on any atom is -0.488 e. The lowest BCUT2D eigenvalue weighted by Crippen LogP contribution is -2.63. The van der Waals surface area contributed by atoms with E-state index >= 15 is 0 Å². The molecule has 1 saturated heterocycles. The molecule has 13 nitrogen and oxygen atoms in total. The standard InChI is InChI=1S/C29H30O13/c1-16(32)36-15-25-26(38-17(2)33)27(39-18(3)34)28(40-19(4)35)29(42-25)41-23-8-5-20(6-9-23)14-37-24-10-7-21(12-30)11-22(24)13-31/h5-13,25-29H,14-15H2,1-4H3/t25-,26+,27+,28-,29-/m1/s1. The summed E-state index contributed by atoms with van der Waals surface area (Å²) >= 11 is 0. The Morgan fingerprint density at radius 3 is 1.95 bits per heavy atom. The molecule has 1 fully saturated rings. The van der Waals surface area contributed by atoms with Gasteiger partial charge in [0.05, 0.1) is 5.56 Å². The zero-order valence-electron chi connectivity index (χ0n) is 23.3. The summed E-state index contributed by atoms with van der Waals surface area (Å²) in [5.41, 5.74) is 1.26. The van der Waals surface area contributed by atoms with Gasteiger partial charge < -0.3 is 33.2 Å². The summed E-state index contributed by atoms with van der Waals surface area (Å²) in [5.74, 6) is -2.34. The molecule has 5 atom stereocenters. The molecule has 1 aliphatic rings. The van der Waals surface area contributed by atoms with E-state index in [1.165, 1.54) is 25.1 Å². The Morgan fingerprint density at radius 1 is 0.762 bits per heavy atom. The summed E-state index contributed by atoms with van der Waals surface area (Å²) in [7, 11) is 0. The summed E-state index contributed by atoms with van der Waals surface area (Å²) in [6.07, 6.45) is -5.34. The zero-order valence-corrected chi connectivity index (χ0v) is 23.3. The van der Waals surface area contributed by atoms with Crippen LogP contribution in [0.25, 0.3) is 0 Å². The number of aldehydes is 2. The van der Waals surface area contributed by atoms with Crippen molar-refractivity contribution in [3.05, 3.63) is 59.2 Å². The lowest BCUT2D eigenvalue weighted by atomic mass is 9.98. The number of carbonyl (C=O) groups excluding carboxylic acids is 6. The van der Waals surface area contributed by atoms with E-state index in [0.717, 1.165) is 20.8 Å². The first-order valence-electron chi connectivity index (χ1n) is 12.7. The average Bonchev–Trinajstić information content (AvgIpc) is 2.94. The summed E-state index contributed by atoms with van der Waals surface area (Å²) in [6, 6.07) is 10.9. The van der Waals surface area contributed by atoms with Gasteiger partial charge in [-0.3, -0.25) is 28.8 Å². The van der Waals surface area contributed by atoms with Crippen molar-refractivity contribution in [2.24, 2.45) is 0 Å². The van der Waals surface area contributed by atoms with E-state index < -0.39 is 54.6 Å². The first kappa shape index (κ1) is 31.7. The van der Waals surface area contributed by atoms with Crippen molar-refractivity contribution in [3.63, 3.8) is 0 Å². The molecule has 2 aromatic rings. The highest BCUT2D eigenvalue weighted by Gasteiger charge is 2.53. The van der Waals surface area contributed by atoms with Crippen LogP contribution in [-0.4, -0.2) is 73.8 Å². The zero-order chi connectivity index (χ0) is 30.8. The van der Waals surface area contributed by atoms with E-state index in [9.17, 15) is 28.8 Å². The van der Waals surface area contributed by atoms with Crippen LogP contribution in [0, 0.1) is 0 Å². The smallest absolute Gasteiger partial charge is 0.303 e. The molecule has 13 heteroatoms. The first-order valence-corrected chi connectivity index (χ1v) is 12.7. The number of benzene rings is 2. The Balaban J connectivity index is 1.82. The molecule has 3 rings (SSSR count). The third-order valence-electron chi connectivity index (χ3n) is 5.82. The Hall–Kier alpha value is -4.78. The maximum Gasteiger partial charge on any atom is 0.303 e. The van der Waals surface area contributed by atoms with Crippen LogP contribution >= 0.6 is 0 Å². The van der Waals surface area contributed by atoms with Crippen LogP contribution in [0.2, 0.25) is 0 Å². The van der Waals surface area contributed by atoms with Crippen LogP contribution in [-0.2, 0) is 49.5 Å². The van der Waals surface area contributed by atoms with Crippen molar-refractivity contribution < 1.29 is 61.9 Å². The van der Waals surface area contributed by atoms with Crippen molar-refractivity contribution >= 4 is 36.4 Å². The molecule has 0 radical (unpaired) electrons. The lowest BCUT2D eigenvalue weighted by Gasteiger charge is -2.43. The fraction of sp³-hybridized carbons (Fsp3) is 0.379. The summed E-state index contributed by atoms with van der Waals surface area (Å²) in [4.78, 5) is 69.6. The Labute approximate surface area is 240 Å². The van der Waals surface area contributed by atoms with Gasteiger partial charge in [-0.25, -0.2) is 0 Å². The summed E-state index contributed by atoms with van der Waals surface area (Å²) < 4.78 is 38.8. The van der Waals surface area contributed by atoms with E-state index in [0.29, 0.717) is 29.4 Å². The molecule has 1 aliphatic heterocycles. The van der Waals surface area contributed by atoms with Crippen LogP contribution in [0.15, 0.2) is 42.5 Å².